The molecule has 1 amide bonds. The summed E-state index contributed by atoms with van der Waals surface area (Å²) >= 11 is 6.06. The van der Waals surface area contributed by atoms with E-state index in [0.717, 1.165) is 43.6 Å². The molecule has 1 heterocycles. The van der Waals surface area contributed by atoms with Crippen molar-refractivity contribution in [2.45, 2.75) is 57.4 Å². The molecule has 148 valence electrons. The molecule has 1 aliphatic carbocycles. The number of rotatable bonds is 6. The Kier molecular flexibility index (Phi) is 6.64. The highest BCUT2D eigenvalue weighted by Gasteiger charge is 2.38. The number of benzene rings is 1. The molecule has 1 saturated heterocycles. The van der Waals surface area contributed by atoms with Crippen LogP contribution in [0.15, 0.2) is 29.3 Å². The van der Waals surface area contributed by atoms with Crippen molar-refractivity contribution in [3.63, 3.8) is 0 Å². The fourth-order valence-corrected chi connectivity index (χ4v) is 4.14. The Morgan fingerprint density at radius 3 is 2.63 bits per heavy atom. The largest absolute Gasteiger partial charge is 0.357 e. The first-order valence-electron chi connectivity index (χ1n) is 10.1. The molecule has 1 aromatic carbocycles. The summed E-state index contributed by atoms with van der Waals surface area (Å²) < 4.78 is 0. The van der Waals surface area contributed by atoms with Gasteiger partial charge in [-0.05, 0) is 43.9 Å². The molecular weight excluding hydrogens is 360 g/mol. The Bertz CT molecular complexity index is 669. The second kappa shape index (κ2) is 8.96. The van der Waals surface area contributed by atoms with Gasteiger partial charge in [0.25, 0.3) is 0 Å². The maximum absolute atomic E-state index is 11.9. The van der Waals surface area contributed by atoms with Crippen molar-refractivity contribution in [1.82, 2.24) is 15.5 Å². The third-order valence-corrected chi connectivity index (χ3v) is 6.09. The molecule has 2 fully saturated rings. The number of carbonyl (C=O) groups is 1. The van der Waals surface area contributed by atoms with Gasteiger partial charge in [0.1, 0.15) is 0 Å². The van der Waals surface area contributed by atoms with E-state index in [4.69, 9.17) is 16.6 Å². The second-order valence-corrected chi connectivity index (χ2v) is 8.10. The van der Waals surface area contributed by atoms with Crippen molar-refractivity contribution >= 4 is 23.5 Å². The van der Waals surface area contributed by atoms with Gasteiger partial charge >= 0.3 is 0 Å². The molecule has 2 N–H and O–H groups in total. The lowest BCUT2D eigenvalue weighted by molar-refractivity contribution is -0.129. The van der Waals surface area contributed by atoms with E-state index in [1.165, 1.54) is 24.8 Å². The molecule has 0 bridgehead atoms. The molecule has 0 aromatic heterocycles. The van der Waals surface area contributed by atoms with Gasteiger partial charge in [-0.2, -0.15) is 0 Å². The number of likely N-dealkylation sites (tertiary alicyclic amines) is 1. The summed E-state index contributed by atoms with van der Waals surface area (Å²) in [6.45, 7) is 7.19. The quantitative estimate of drug-likeness (QED) is 0.578. The lowest BCUT2D eigenvalue weighted by atomic mass is 9.64. The summed E-state index contributed by atoms with van der Waals surface area (Å²) in [5, 5.41) is 7.67. The van der Waals surface area contributed by atoms with Crippen molar-refractivity contribution in [3.05, 3.63) is 34.9 Å². The molecule has 1 aromatic rings. The normalized spacial score (nSPS) is 21.7. The van der Waals surface area contributed by atoms with Crippen LogP contribution in [0.1, 0.15) is 51.5 Å². The molecule has 1 unspecified atom stereocenters. The minimum Gasteiger partial charge on any atom is -0.357 e. The van der Waals surface area contributed by atoms with E-state index < -0.39 is 0 Å². The van der Waals surface area contributed by atoms with Crippen molar-refractivity contribution in [3.8, 4) is 0 Å². The van der Waals surface area contributed by atoms with Crippen molar-refractivity contribution in [1.29, 1.82) is 0 Å². The Morgan fingerprint density at radius 2 is 2.04 bits per heavy atom. The Labute approximate surface area is 167 Å². The first-order valence-corrected chi connectivity index (χ1v) is 10.5. The summed E-state index contributed by atoms with van der Waals surface area (Å²) in [7, 11) is 0. The van der Waals surface area contributed by atoms with Gasteiger partial charge in [0.2, 0.25) is 5.91 Å². The Balaban J connectivity index is 1.65. The third-order valence-electron chi connectivity index (χ3n) is 5.84. The van der Waals surface area contributed by atoms with Crippen molar-refractivity contribution in [2.24, 2.45) is 4.99 Å². The number of hydrogen-bond donors (Lipinski definition) is 2. The van der Waals surface area contributed by atoms with Gasteiger partial charge in [0, 0.05) is 42.5 Å². The van der Waals surface area contributed by atoms with E-state index in [-0.39, 0.29) is 17.4 Å². The molecular formula is C21H31ClN4O. The summed E-state index contributed by atoms with van der Waals surface area (Å²) in [5.74, 6) is 1.09. The molecule has 1 atom stereocenters. The average molecular weight is 391 g/mol. The van der Waals surface area contributed by atoms with Crippen LogP contribution in [0.3, 0.4) is 0 Å². The lowest BCUT2D eigenvalue weighted by Gasteiger charge is -2.41. The van der Waals surface area contributed by atoms with Crippen LogP contribution in [0.5, 0.6) is 0 Å². The van der Waals surface area contributed by atoms with Crippen LogP contribution in [0.4, 0.5) is 0 Å². The number of hydrogen-bond acceptors (Lipinski definition) is 2. The maximum atomic E-state index is 11.9. The predicted molar refractivity (Wildman–Crippen MR) is 111 cm³/mol. The number of nitrogens with zero attached hydrogens (tertiary/aromatic N) is 2. The van der Waals surface area contributed by atoms with Crippen LogP contribution in [0.25, 0.3) is 0 Å². The van der Waals surface area contributed by atoms with Gasteiger partial charge < -0.3 is 15.5 Å². The highest BCUT2D eigenvalue weighted by molar-refractivity contribution is 6.30. The predicted octanol–water partition coefficient (Wildman–Crippen LogP) is 3.33. The summed E-state index contributed by atoms with van der Waals surface area (Å²) in [4.78, 5) is 18.8. The summed E-state index contributed by atoms with van der Waals surface area (Å²) in [6.07, 6.45) is 5.13. The number of aliphatic imine (C=N–C) groups is 1. The molecule has 0 radical (unpaired) electrons. The van der Waals surface area contributed by atoms with Gasteiger partial charge in [0.05, 0.1) is 6.54 Å². The van der Waals surface area contributed by atoms with Crippen LogP contribution in [-0.2, 0) is 10.2 Å². The molecule has 3 rings (SSSR count). The zero-order chi connectivity index (χ0) is 19.3. The minimum atomic E-state index is 0.132. The molecule has 5 nitrogen and oxygen atoms in total. The first kappa shape index (κ1) is 20.0. The topological polar surface area (TPSA) is 56.7 Å². The maximum Gasteiger partial charge on any atom is 0.222 e. The fourth-order valence-electron chi connectivity index (χ4n) is 4.02. The van der Waals surface area contributed by atoms with E-state index in [1.54, 1.807) is 0 Å². The molecule has 2 aliphatic rings. The zero-order valence-electron chi connectivity index (χ0n) is 16.4. The third kappa shape index (κ3) is 4.75. The highest BCUT2D eigenvalue weighted by atomic mass is 35.5. The highest BCUT2D eigenvalue weighted by Crippen LogP contribution is 2.44. The molecule has 0 spiro atoms. The van der Waals surface area contributed by atoms with Crippen LogP contribution in [0.2, 0.25) is 5.02 Å². The molecule has 1 saturated carbocycles. The first-order chi connectivity index (χ1) is 13.1. The van der Waals surface area contributed by atoms with Crippen LogP contribution in [-0.4, -0.2) is 49.0 Å². The Morgan fingerprint density at radius 1 is 1.30 bits per heavy atom. The van der Waals surface area contributed by atoms with Gasteiger partial charge in [0.15, 0.2) is 5.96 Å². The number of nitrogens with one attached hydrogen (secondary N) is 2. The fraction of sp³-hybridized carbons (Fsp3) is 0.619. The number of guanidine groups is 1. The van der Waals surface area contributed by atoms with Gasteiger partial charge in [-0.25, -0.2) is 0 Å². The van der Waals surface area contributed by atoms with Gasteiger partial charge in [-0.15, -0.1) is 0 Å². The summed E-state index contributed by atoms with van der Waals surface area (Å²) in [6, 6.07) is 8.50. The van der Waals surface area contributed by atoms with Crippen LogP contribution >= 0.6 is 11.6 Å². The number of amides is 1. The number of carbonyl (C=O) groups excluding carboxylic acids is 1. The van der Waals surface area contributed by atoms with Gasteiger partial charge in [-0.1, -0.05) is 37.1 Å². The monoisotopic (exact) mass is 390 g/mol. The number of halogens is 1. The zero-order valence-corrected chi connectivity index (χ0v) is 17.2. The van der Waals surface area contributed by atoms with E-state index in [0.29, 0.717) is 6.42 Å². The molecule has 1 aliphatic heterocycles. The summed E-state index contributed by atoms with van der Waals surface area (Å²) in [5.41, 5.74) is 1.46. The minimum absolute atomic E-state index is 0.132. The molecule has 6 heteroatoms. The van der Waals surface area contributed by atoms with Crippen LogP contribution in [0, 0.1) is 0 Å². The van der Waals surface area contributed by atoms with Crippen molar-refractivity contribution in [2.75, 3.05) is 26.2 Å². The van der Waals surface area contributed by atoms with E-state index in [9.17, 15) is 4.79 Å². The van der Waals surface area contributed by atoms with E-state index in [1.807, 2.05) is 24.0 Å². The van der Waals surface area contributed by atoms with Gasteiger partial charge in [-0.3, -0.25) is 9.79 Å². The van der Waals surface area contributed by atoms with Crippen LogP contribution < -0.4 is 10.6 Å². The van der Waals surface area contributed by atoms with E-state index in [2.05, 4.69) is 29.7 Å². The standard InChI is InChI=1S/C21H31ClN4O/c1-3-19(27)26-13-10-18(14-26)25-20(23-4-2)24-15-21(11-5-12-21)16-6-8-17(22)9-7-16/h6-9,18H,3-5,10-15H2,1-2H3,(H2,23,24,25). The SMILES string of the molecule is CCNC(=NCC1(c2ccc(Cl)cc2)CCC1)NC1CCN(C(=O)CC)C1. The lowest BCUT2D eigenvalue weighted by Crippen LogP contribution is -2.46. The molecule has 27 heavy (non-hydrogen) atoms. The Hall–Kier alpha value is -1.75. The van der Waals surface area contributed by atoms with Crippen molar-refractivity contribution < 1.29 is 4.79 Å². The second-order valence-electron chi connectivity index (χ2n) is 7.66. The average Bonchev–Trinajstić information content (AvgIpc) is 3.10. The smallest absolute Gasteiger partial charge is 0.222 e. The van der Waals surface area contributed by atoms with E-state index >= 15 is 0 Å².